The first kappa shape index (κ1) is 14.9. The molecule has 1 atom stereocenters. The molecule has 0 fully saturated rings. The van der Waals surface area contributed by atoms with Crippen LogP contribution in [0, 0.1) is 0 Å². The normalized spacial score (nSPS) is 13.2. The minimum absolute atomic E-state index is 0.158. The fourth-order valence-corrected chi connectivity index (χ4v) is 3.04. The molecule has 106 valence electrons. The van der Waals surface area contributed by atoms with Crippen molar-refractivity contribution in [3.8, 4) is 0 Å². The van der Waals surface area contributed by atoms with Crippen LogP contribution in [0.4, 0.5) is 14.5 Å². The lowest BCUT2D eigenvalue weighted by molar-refractivity contribution is 0.0222. The predicted molar refractivity (Wildman–Crippen MR) is 77.5 cm³/mol. The van der Waals surface area contributed by atoms with Crippen molar-refractivity contribution in [2.45, 2.75) is 10.8 Å². The third-order valence-corrected chi connectivity index (χ3v) is 4.48. The number of benzene rings is 2. The molecule has 20 heavy (non-hydrogen) atoms. The van der Waals surface area contributed by atoms with E-state index in [2.05, 4.69) is 0 Å². The molecule has 2 N–H and O–H groups in total. The van der Waals surface area contributed by atoms with E-state index in [9.17, 15) is 13.0 Å². The summed E-state index contributed by atoms with van der Waals surface area (Å²) in [6, 6.07) is 11.6. The molecule has 0 radical (unpaired) electrons. The van der Waals surface area contributed by atoms with Crippen molar-refractivity contribution in [1.82, 2.24) is 0 Å². The molecule has 2 aromatic rings. The molecule has 2 nitrogen and oxygen atoms in total. The van der Waals surface area contributed by atoms with Gasteiger partial charge >= 0.3 is 0 Å². The summed E-state index contributed by atoms with van der Waals surface area (Å²) in [5.74, 6) is -3.96. The van der Waals surface area contributed by atoms with E-state index < -0.39 is 22.5 Å². The van der Waals surface area contributed by atoms with Crippen LogP contribution in [-0.4, -0.2) is 9.96 Å². The maximum atomic E-state index is 14.0. The topological polar surface area (TPSA) is 43.1 Å². The highest BCUT2D eigenvalue weighted by Gasteiger charge is 2.34. The van der Waals surface area contributed by atoms with Gasteiger partial charge in [-0.05, 0) is 18.2 Å². The number of hydrogen-bond donors (Lipinski definition) is 1. The standard InChI is InChI=1S/C14H12ClF2NOS/c15-12-8-11(6-7-13(12)18)20(19)9-14(16,17)10-4-2-1-3-5-10/h1-8H,9,18H2. The van der Waals surface area contributed by atoms with Crippen LogP contribution in [0.2, 0.25) is 5.02 Å². The smallest absolute Gasteiger partial charge is 0.284 e. The molecule has 2 aromatic carbocycles. The summed E-state index contributed by atoms with van der Waals surface area (Å²) in [4.78, 5) is 0.236. The number of nitrogen functional groups attached to an aromatic ring is 1. The van der Waals surface area contributed by atoms with E-state index in [0.29, 0.717) is 5.69 Å². The second kappa shape index (κ2) is 5.89. The van der Waals surface area contributed by atoms with Gasteiger partial charge in [-0.1, -0.05) is 41.9 Å². The number of nitrogens with two attached hydrogens (primary N) is 1. The van der Waals surface area contributed by atoms with E-state index in [1.165, 1.54) is 42.5 Å². The van der Waals surface area contributed by atoms with Gasteiger partial charge in [-0.25, -0.2) is 8.78 Å². The van der Waals surface area contributed by atoms with Crippen molar-refractivity contribution < 1.29 is 13.0 Å². The molecule has 2 rings (SSSR count). The zero-order chi connectivity index (χ0) is 14.8. The van der Waals surface area contributed by atoms with Gasteiger partial charge < -0.3 is 5.73 Å². The summed E-state index contributed by atoms with van der Waals surface area (Å²) in [6.07, 6.45) is 0. The lowest BCUT2D eigenvalue weighted by atomic mass is 10.1. The van der Waals surface area contributed by atoms with Crippen molar-refractivity contribution >= 4 is 28.1 Å². The van der Waals surface area contributed by atoms with Gasteiger partial charge in [-0.15, -0.1) is 0 Å². The van der Waals surface area contributed by atoms with Gasteiger partial charge in [0.15, 0.2) is 0 Å². The van der Waals surface area contributed by atoms with Crippen LogP contribution < -0.4 is 5.73 Å². The number of halogens is 3. The Hall–Kier alpha value is -1.46. The Morgan fingerprint density at radius 2 is 1.80 bits per heavy atom. The number of anilines is 1. The van der Waals surface area contributed by atoms with Crippen molar-refractivity contribution in [2.24, 2.45) is 0 Å². The zero-order valence-corrected chi connectivity index (χ0v) is 11.9. The summed E-state index contributed by atoms with van der Waals surface area (Å²) in [5.41, 5.74) is 5.69. The van der Waals surface area contributed by atoms with E-state index in [1.807, 2.05) is 0 Å². The largest absolute Gasteiger partial charge is 0.398 e. The molecule has 1 unspecified atom stereocenters. The molecule has 0 aliphatic heterocycles. The Balaban J connectivity index is 2.20. The van der Waals surface area contributed by atoms with Gasteiger partial charge in [0.05, 0.1) is 27.3 Å². The molecule has 0 spiro atoms. The first-order chi connectivity index (χ1) is 9.40. The minimum atomic E-state index is -3.17. The van der Waals surface area contributed by atoms with Crippen LogP contribution in [0.1, 0.15) is 5.56 Å². The van der Waals surface area contributed by atoms with Gasteiger partial charge in [-0.2, -0.15) is 0 Å². The van der Waals surface area contributed by atoms with Crippen LogP contribution >= 0.6 is 11.6 Å². The lowest BCUT2D eigenvalue weighted by Crippen LogP contribution is -2.22. The molecule has 0 bridgehead atoms. The summed E-state index contributed by atoms with van der Waals surface area (Å²) in [5, 5.41) is 0.207. The molecule has 0 aromatic heterocycles. The predicted octanol–water partition coefficient (Wildman–Crippen LogP) is 3.82. The highest BCUT2D eigenvalue weighted by atomic mass is 35.5. The summed E-state index contributed by atoms with van der Waals surface area (Å²) in [7, 11) is -1.86. The maximum absolute atomic E-state index is 14.0. The first-order valence-electron chi connectivity index (χ1n) is 5.77. The van der Waals surface area contributed by atoms with E-state index in [0.717, 1.165) is 0 Å². The quantitative estimate of drug-likeness (QED) is 0.872. The zero-order valence-electron chi connectivity index (χ0n) is 10.4. The number of alkyl halides is 2. The van der Waals surface area contributed by atoms with Crippen molar-refractivity contribution in [2.75, 3.05) is 11.5 Å². The Morgan fingerprint density at radius 3 is 2.40 bits per heavy atom. The van der Waals surface area contributed by atoms with E-state index in [4.69, 9.17) is 17.3 Å². The van der Waals surface area contributed by atoms with Gasteiger partial charge in [0.2, 0.25) is 0 Å². The van der Waals surface area contributed by atoms with Crippen LogP contribution in [0.25, 0.3) is 0 Å². The SMILES string of the molecule is Nc1ccc(S(=O)CC(F)(F)c2ccccc2)cc1Cl. The minimum Gasteiger partial charge on any atom is -0.398 e. The fourth-order valence-electron chi connectivity index (χ4n) is 1.66. The van der Waals surface area contributed by atoms with Crippen LogP contribution in [0.15, 0.2) is 53.4 Å². The van der Waals surface area contributed by atoms with Gasteiger partial charge in [-0.3, -0.25) is 4.21 Å². The summed E-state index contributed by atoms with van der Waals surface area (Å²) in [6.45, 7) is 0. The van der Waals surface area contributed by atoms with Crippen LogP contribution in [0.5, 0.6) is 0 Å². The molecule has 6 heteroatoms. The monoisotopic (exact) mass is 315 g/mol. The van der Waals surface area contributed by atoms with Crippen LogP contribution in [-0.2, 0) is 16.7 Å². The van der Waals surface area contributed by atoms with Crippen molar-refractivity contribution in [1.29, 1.82) is 0 Å². The molecule has 0 saturated carbocycles. The second-order valence-corrected chi connectivity index (χ2v) is 6.10. The van der Waals surface area contributed by atoms with Crippen LogP contribution in [0.3, 0.4) is 0 Å². The average Bonchev–Trinajstić information content (AvgIpc) is 2.42. The third-order valence-electron chi connectivity index (χ3n) is 2.74. The molecule has 0 aliphatic rings. The number of rotatable bonds is 4. The molecular formula is C14H12ClF2NOS. The van der Waals surface area contributed by atoms with Gasteiger partial charge in [0, 0.05) is 10.5 Å². The van der Waals surface area contributed by atoms with Crippen molar-refractivity contribution in [3.05, 3.63) is 59.1 Å². The third kappa shape index (κ3) is 3.35. The first-order valence-corrected chi connectivity index (χ1v) is 7.46. The van der Waals surface area contributed by atoms with E-state index in [-0.39, 0.29) is 15.5 Å². The summed E-state index contributed by atoms with van der Waals surface area (Å²) < 4.78 is 40.1. The number of hydrogen-bond acceptors (Lipinski definition) is 2. The van der Waals surface area contributed by atoms with Gasteiger partial charge in [0.1, 0.15) is 0 Å². The lowest BCUT2D eigenvalue weighted by Gasteiger charge is -2.16. The van der Waals surface area contributed by atoms with Gasteiger partial charge in [0.25, 0.3) is 5.92 Å². The second-order valence-electron chi connectivity index (χ2n) is 4.24. The maximum Gasteiger partial charge on any atom is 0.284 e. The highest BCUT2D eigenvalue weighted by Crippen LogP contribution is 2.31. The van der Waals surface area contributed by atoms with E-state index >= 15 is 0 Å². The Labute approximate surface area is 123 Å². The molecule has 0 aliphatic carbocycles. The van der Waals surface area contributed by atoms with Crippen molar-refractivity contribution in [3.63, 3.8) is 0 Å². The molecule has 0 amide bonds. The Morgan fingerprint density at radius 1 is 1.15 bits per heavy atom. The summed E-state index contributed by atoms with van der Waals surface area (Å²) >= 11 is 5.80. The fraction of sp³-hybridized carbons (Fsp3) is 0.143. The highest BCUT2D eigenvalue weighted by molar-refractivity contribution is 7.85. The Bertz CT molecular complexity index is 634. The van der Waals surface area contributed by atoms with E-state index in [1.54, 1.807) is 6.07 Å². The molecule has 0 heterocycles. The molecule has 0 saturated heterocycles. The Kier molecular flexibility index (Phi) is 4.40. The molecular weight excluding hydrogens is 304 g/mol. The average molecular weight is 316 g/mol.